The van der Waals surface area contributed by atoms with Gasteiger partial charge in [0.25, 0.3) is 0 Å². The first-order valence-electron chi connectivity index (χ1n) is 3.84. The van der Waals surface area contributed by atoms with Gasteiger partial charge in [-0.1, -0.05) is 29.8 Å². The molecule has 0 radical (unpaired) electrons. The van der Waals surface area contributed by atoms with Gasteiger partial charge in [-0.15, -0.1) is 11.8 Å². The fraction of sp³-hybridized carbons (Fsp3) is 0.222. The summed E-state index contributed by atoms with van der Waals surface area (Å²) in [4.78, 5) is 11.1. The lowest BCUT2D eigenvalue weighted by Gasteiger charge is -2.14. The van der Waals surface area contributed by atoms with Crippen molar-refractivity contribution in [1.29, 1.82) is 0 Å². The predicted molar refractivity (Wildman–Crippen MR) is 53.7 cm³/mol. The fourth-order valence-electron chi connectivity index (χ4n) is 1.39. The minimum absolute atomic E-state index is 0.147. The number of hydrogen-bond acceptors (Lipinski definition) is 2. The van der Waals surface area contributed by atoms with E-state index in [1.54, 1.807) is 6.08 Å². The summed E-state index contributed by atoms with van der Waals surface area (Å²) >= 11 is 7.18. The van der Waals surface area contributed by atoms with Crippen molar-refractivity contribution < 1.29 is 9.90 Å². The quantitative estimate of drug-likeness (QED) is 0.728. The summed E-state index contributed by atoms with van der Waals surface area (Å²) in [5.41, 5.74) is 0. The molecule has 2 rings (SSSR count). The summed E-state index contributed by atoms with van der Waals surface area (Å²) in [5, 5.41) is 9.66. The SMILES string of the molecule is O=C(O)C1=CC2C=C(Cl)C=CC2S1. The summed E-state index contributed by atoms with van der Waals surface area (Å²) < 4.78 is 0. The van der Waals surface area contributed by atoms with Crippen molar-refractivity contribution in [1.82, 2.24) is 0 Å². The molecule has 0 aromatic carbocycles. The molecule has 0 aromatic heterocycles. The van der Waals surface area contributed by atoms with E-state index in [0.717, 1.165) is 0 Å². The Hall–Kier alpha value is -0.670. The highest BCUT2D eigenvalue weighted by Gasteiger charge is 2.29. The van der Waals surface area contributed by atoms with Crippen molar-refractivity contribution >= 4 is 29.3 Å². The molecule has 2 nitrogen and oxygen atoms in total. The van der Waals surface area contributed by atoms with Gasteiger partial charge in [0.2, 0.25) is 0 Å². The second kappa shape index (κ2) is 3.24. The second-order valence-corrected chi connectivity index (χ2v) is 4.56. The number of hydrogen-bond donors (Lipinski definition) is 1. The normalized spacial score (nSPS) is 30.8. The zero-order valence-electron chi connectivity index (χ0n) is 6.61. The first kappa shape index (κ1) is 8.91. The van der Waals surface area contributed by atoms with Crippen molar-refractivity contribution in [2.75, 3.05) is 0 Å². The van der Waals surface area contributed by atoms with Crippen LogP contribution in [-0.4, -0.2) is 16.3 Å². The number of carboxylic acid groups (broad SMARTS) is 1. The first-order chi connectivity index (χ1) is 6.16. The van der Waals surface area contributed by atoms with Gasteiger partial charge in [-0.05, 0) is 6.08 Å². The van der Waals surface area contributed by atoms with E-state index in [0.29, 0.717) is 9.94 Å². The molecule has 13 heavy (non-hydrogen) atoms. The minimum atomic E-state index is -0.850. The maximum atomic E-state index is 10.7. The van der Waals surface area contributed by atoms with Crippen molar-refractivity contribution in [2.24, 2.45) is 5.92 Å². The van der Waals surface area contributed by atoms with E-state index >= 15 is 0 Å². The maximum absolute atomic E-state index is 10.7. The van der Waals surface area contributed by atoms with E-state index in [1.807, 2.05) is 18.2 Å². The van der Waals surface area contributed by atoms with Crippen LogP contribution in [0.5, 0.6) is 0 Å². The monoisotopic (exact) mass is 214 g/mol. The van der Waals surface area contributed by atoms with Crippen molar-refractivity contribution in [3.05, 3.63) is 34.2 Å². The molecule has 1 N–H and O–H groups in total. The fourth-order valence-corrected chi connectivity index (χ4v) is 2.71. The summed E-state index contributed by atoms with van der Waals surface area (Å²) in [7, 11) is 0. The predicted octanol–water partition coefficient (Wildman–Crippen LogP) is 2.38. The third-order valence-corrected chi connectivity index (χ3v) is 3.55. The zero-order chi connectivity index (χ0) is 9.42. The number of rotatable bonds is 1. The lowest BCUT2D eigenvalue weighted by molar-refractivity contribution is -0.131. The van der Waals surface area contributed by atoms with Gasteiger partial charge >= 0.3 is 5.97 Å². The molecule has 0 aromatic rings. The molecule has 2 aliphatic rings. The molecule has 4 heteroatoms. The van der Waals surface area contributed by atoms with E-state index in [9.17, 15) is 4.79 Å². The van der Waals surface area contributed by atoms with Crippen LogP contribution in [0.25, 0.3) is 0 Å². The van der Waals surface area contributed by atoms with E-state index in [4.69, 9.17) is 16.7 Å². The standard InChI is InChI=1S/C9H7ClO2S/c10-6-1-2-7-5(3-6)4-8(13-7)9(11)12/h1-5,7H,(H,11,12). The largest absolute Gasteiger partial charge is 0.477 e. The van der Waals surface area contributed by atoms with Crippen LogP contribution in [0.4, 0.5) is 0 Å². The molecule has 1 heterocycles. The molecule has 0 fully saturated rings. The van der Waals surface area contributed by atoms with E-state index in [-0.39, 0.29) is 11.2 Å². The van der Waals surface area contributed by atoms with Crippen LogP contribution >= 0.6 is 23.4 Å². The van der Waals surface area contributed by atoms with E-state index in [1.165, 1.54) is 11.8 Å². The summed E-state index contributed by atoms with van der Waals surface area (Å²) in [6.45, 7) is 0. The smallest absolute Gasteiger partial charge is 0.341 e. The van der Waals surface area contributed by atoms with Gasteiger partial charge in [0.15, 0.2) is 0 Å². The van der Waals surface area contributed by atoms with Crippen LogP contribution in [0.15, 0.2) is 34.2 Å². The highest BCUT2D eigenvalue weighted by Crippen LogP contribution is 2.41. The second-order valence-electron chi connectivity index (χ2n) is 2.91. The first-order valence-corrected chi connectivity index (χ1v) is 5.10. The molecule has 0 saturated heterocycles. The number of fused-ring (bicyclic) bond motifs is 1. The van der Waals surface area contributed by atoms with Crippen LogP contribution in [0.1, 0.15) is 0 Å². The molecule has 0 spiro atoms. The number of carboxylic acids is 1. The Bertz CT molecular complexity index is 344. The minimum Gasteiger partial charge on any atom is -0.477 e. The molecule has 1 aliphatic carbocycles. The molecule has 0 saturated carbocycles. The van der Waals surface area contributed by atoms with Crippen LogP contribution in [0.3, 0.4) is 0 Å². The Labute approximate surface area is 85.0 Å². The highest BCUT2D eigenvalue weighted by atomic mass is 35.5. The van der Waals surface area contributed by atoms with Crippen molar-refractivity contribution in [3.63, 3.8) is 0 Å². The van der Waals surface area contributed by atoms with Crippen LogP contribution in [0, 0.1) is 5.92 Å². The van der Waals surface area contributed by atoms with Gasteiger partial charge in [-0.3, -0.25) is 0 Å². The molecule has 0 amide bonds. The van der Waals surface area contributed by atoms with Crippen molar-refractivity contribution in [2.45, 2.75) is 5.25 Å². The summed E-state index contributed by atoms with van der Waals surface area (Å²) in [5.74, 6) is -0.703. The summed E-state index contributed by atoms with van der Waals surface area (Å²) in [6, 6.07) is 0. The average Bonchev–Trinajstić information content (AvgIpc) is 2.46. The maximum Gasteiger partial charge on any atom is 0.341 e. The van der Waals surface area contributed by atoms with E-state index in [2.05, 4.69) is 0 Å². The molecule has 2 atom stereocenters. The Morgan fingerprint density at radius 1 is 1.54 bits per heavy atom. The van der Waals surface area contributed by atoms with Gasteiger partial charge in [0.05, 0.1) is 4.91 Å². The Kier molecular flexibility index (Phi) is 2.22. The molecule has 2 unspecified atom stereocenters. The van der Waals surface area contributed by atoms with Gasteiger partial charge < -0.3 is 5.11 Å². The molecule has 0 bridgehead atoms. The lowest BCUT2D eigenvalue weighted by Crippen LogP contribution is -2.08. The van der Waals surface area contributed by atoms with Gasteiger partial charge in [0, 0.05) is 16.2 Å². The molecular weight excluding hydrogens is 208 g/mol. The number of halogens is 1. The van der Waals surface area contributed by atoms with Gasteiger partial charge in [-0.25, -0.2) is 4.79 Å². The highest BCUT2D eigenvalue weighted by molar-refractivity contribution is 8.05. The zero-order valence-corrected chi connectivity index (χ0v) is 8.18. The number of aliphatic carboxylic acids is 1. The summed E-state index contributed by atoms with van der Waals surface area (Å²) in [6.07, 6.45) is 7.40. The molecule has 68 valence electrons. The third kappa shape index (κ3) is 1.67. The topological polar surface area (TPSA) is 37.3 Å². The lowest BCUT2D eigenvalue weighted by atomic mass is 10.0. The Morgan fingerprint density at radius 3 is 3.00 bits per heavy atom. The van der Waals surface area contributed by atoms with Crippen LogP contribution in [0.2, 0.25) is 0 Å². The molecular formula is C9H7ClO2S. The Morgan fingerprint density at radius 2 is 2.31 bits per heavy atom. The number of allylic oxidation sites excluding steroid dienone is 4. The average molecular weight is 215 g/mol. The van der Waals surface area contributed by atoms with Gasteiger partial charge in [-0.2, -0.15) is 0 Å². The third-order valence-electron chi connectivity index (χ3n) is 1.99. The van der Waals surface area contributed by atoms with Crippen LogP contribution < -0.4 is 0 Å². The Balaban J connectivity index is 2.24. The number of carbonyl (C=O) groups is 1. The van der Waals surface area contributed by atoms with Gasteiger partial charge in [0.1, 0.15) is 0 Å². The number of thioether (sulfide) groups is 1. The van der Waals surface area contributed by atoms with Crippen molar-refractivity contribution in [3.8, 4) is 0 Å². The van der Waals surface area contributed by atoms with E-state index < -0.39 is 5.97 Å². The van der Waals surface area contributed by atoms with Crippen LogP contribution in [-0.2, 0) is 4.79 Å². The molecule has 1 aliphatic heterocycles.